The highest BCUT2D eigenvalue weighted by Crippen LogP contribution is 2.18. The number of hydrogen-bond acceptors (Lipinski definition) is 5. The minimum absolute atomic E-state index is 0.0854. The van der Waals surface area contributed by atoms with Crippen LogP contribution in [0.2, 0.25) is 0 Å². The highest BCUT2D eigenvalue weighted by molar-refractivity contribution is 9.10. The van der Waals surface area contributed by atoms with Crippen LogP contribution in [-0.4, -0.2) is 35.1 Å². The summed E-state index contributed by atoms with van der Waals surface area (Å²) in [6.45, 7) is -0.135. The summed E-state index contributed by atoms with van der Waals surface area (Å²) in [5, 5.41) is 17.1. The van der Waals surface area contributed by atoms with Crippen LogP contribution in [0.4, 0.5) is 0 Å². The first kappa shape index (κ1) is 15.1. The highest BCUT2D eigenvalue weighted by atomic mass is 79.9. The molecule has 108 valence electrons. The van der Waals surface area contributed by atoms with E-state index in [4.69, 9.17) is 0 Å². The van der Waals surface area contributed by atoms with Gasteiger partial charge < -0.3 is 5.11 Å². The monoisotopic (exact) mass is 360 g/mol. The smallest absolute Gasteiger partial charge is 0.260 e. The number of rotatable bonds is 5. The number of hydrogen-bond donors (Lipinski definition) is 2. The number of aliphatic hydroxyl groups excluding tert-OH is 1. The fraction of sp³-hybridized carbons (Fsp3) is 0.273. The second kappa shape index (κ2) is 6.00. The zero-order valence-corrected chi connectivity index (χ0v) is 13.0. The predicted octanol–water partition coefficient (Wildman–Crippen LogP) is 0.589. The van der Waals surface area contributed by atoms with Gasteiger partial charge >= 0.3 is 0 Å². The first-order valence-electron chi connectivity index (χ1n) is 5.69. The number of nitrogens with one attached hydrogen (secondary N) is 1. The van der Waals surface area contributed by atoms with Crippen LogP contribution in [0.3, 0.4) is 0 Å². The lowest BCUT2D eigenvalue weighted by atomic mass is 10.1. The zero-order chi connectivity index (χ0) is 14.8. The molecular formula is C11H13BrN4O3S. The standard InChI is InChI=1S/C11H13BrN4O3S/c1-16-11(10(12)14-15-16)20(18,19)13-7-9(17)8-5-3-2-4-6-8/h2-6,9,13,17H,7H2,1H3. The molecule has 2 aromatic rings. The van der Waals surface area contributed by atoms with Crippen molar-refractivity contribution in [1.29, 1.82) is 0 Å². The maximum absolute atomic E-state index is 12.1. The minimum atomic E-state index is -3.80. The highest BCUT2D eigenvalue weighted by Gasteiger charge is 2.24. The van der Waals surface area contributed by atoms with Crippen molar-refractivity contribution in [3.63, 3.8) is 0 Å². The summed E-state index contributed by atoms with van der Waals surface area (Å²) < 4.78 is 27.8. The van der Waals surface area contributed by atoms with Crippen molar-refractivity contribution in [1.82, 2.24) is 19.7 Å². The van der Waals surface area contributed by atoms with E-state index >= 15 is 0 Å². The molecule has 1 heterocycles. The van der Waals surface area contributed by atoms with Crippen molar-refractivity contribution in [2.75, 3.05) is 6.54 Å². The zero-order valence-electron chi connectivity index (χ0n) is 10.6. The van der Waals surface area contributed by atoms with Crippen LogP contribution in [0, 0.1) is 0 Å². The topological polar surface area (TPSA) is 97.1 Å². The first-order valence-corrected chi connectivity index (χ1v) is 7.97. The van der Waals surface area contributed by atoms with Gasteiger partial charge in [0.25, 0.3) is 10.0 Å². The Bertz CT molecular complexity index is 667. The van der Waals surface area contributed by atoms with Gasteiger partial charge in [-0.2, -0.15) is 0 Å². The van der Waals surface area contributed by atoms with Gasteiger partial charge in [-0.1, -0.05) is 35.5 Å². The average Bonchev–Trinajstić information content (AvgIpc) is 2.77. The lowest BCUT2D eigenvalue weighted by Gasteiger charge is -2.12. The molecule has 1 atom stereocenters. The molecule has 1 aromatic carbocycles. The van der Waals surface area contributed by atoms with Crippen molar-refractivity contribution < 1.29 is 13.5 Å². The Morgan fingerprint density at radius 3 is 2.60 bits per heavy atom. The molecule has 0 saturated heterocycles. The SMILES string of the molecule is Cn1nnc(Br)c1S(=O)(=O)NCC(O)c1ccccc1. The number of aromatic nitrogens is 3. The second-order valence-electron chi connectivity index (χ2n) is 4.09. The van der Waals surface area contributed by atoms with Crippen molar-refractivity contribution in [3.8, 4) is 0 Å². The number of benzene rings is 1. The quantitative estimate of drug-likeness (QED) is 0.813. The van der Waals surface area contributed by atoms with E-state index in [9.17, 15) is 13.5 Å². The van der Waals surface area contributed by atoms with Gasteiger partial charge in [0.05, 0.1) is 6.10 Å². The van der Waals surface area contributed by atoms with Gasteiger partial charge in [-0.3, -0.25) is 0 Å². The van der Waals surface area contributed by atoms with E-state index in [1.54, 1.807) is 24.3 Å². The van der Waals surface area contributed by atoms with Crippen LogP contribution in [0.5, 0.6) is 0 Å². The van der Waals surface area contributed by atoms with Crippen LogP contribution in [0.15, 0.2) is 40.0 Å². The Hall–Kier alpha value is -1.29. The molecule has 0 aliphatic rings. The Kier molecular flexibility index (Phi) is 4.53. The third kappa shape index (κ3) is 3.23. The van der Waals surface area contributed by atoms with Crippen LogP contribution in [-0.2, 0) is 17.1 Å². The Balaban J connectivity index is 2.11. The van der Waals surface area contributed by atoms with Crippen LogP contribution in [0.25, 0.3) is 0 Å². The number of aliphatic hydroxyl groups is 1. The van der Waals surface area contributed by atoms with E-state index in [1.165, 1.54) is 7.05 Å². The van der Waals surface area contributed by atoms with Crippen molar-refractivity contribution in [2.24, 2.45) is 7.05 Å². The number of nitrogens with zero attached hydrogens (tertiary/aromatic N) is 3. The molecule has 0 fully saturated rings. The molecule has 1 aromatic heterocycles. The van der Waals surface area contributed by atoms with Gasteiger partial charge in [0.1, 0.15) is 0 Å². The molecule has 0 aliphatic heterocycles. The van der Waals surface area contributed by atoms with Gasteiger partial charge in [0, 0.05) is 13.6 Å². The molecule has 0 aliphatic carbocycles. The third-order valence-corrected chi connectivity index (χ3v) is 4.95. The van der Waals surface area contributed by atoms with E-state index < -0.39 is 16.1 Å². The van der Waals surface area contributed by atoms with E-state index in [0.29, 0.717) is 5.56 Å². The van der Waals surface area contributed by atoms with Gasteiger partial charge in [0.2, 0.25) is 5.03 Å². The molecule has 2 rings (SSSR count). The molecule has 7 nitrogen and oxygen atoms in total. The normalized spacial score (nSPS) is 13.3. The van der Waals surface area contributed by atoms with Gasteiger partial charge in [-0.25, -0.2) is 17.8 Å². The summed E-state index contributed by atoms with van der Waals surface area (Å²) >= 11 is 3.03. The van der Waals surface area contributed by atoms with Gasteiger partial charge in [-0.05, 0) is 21.5 Å². The van der Waals surface area contributed by atoms with E-state index in [2.05, 4.69) is 31.0 Å². The maximum Gasteiger partial charge on any atom is 0.260 e. The summed E-state index contributed by atoms with van der Waals surface area (Å²) in [5.41, 5.74) is 0.636. The maximum atomic E-state index is 12.1. The summed E-state index contributed by atoms with van der Waals surface area (Å²) in [6, 6.07) is 8.81. The van der Waals surface area contributed by atoms with E-state index in [0.717, 1.165) is 4.68 Å². The Morgan fingerprint density at radius 2 is 2.05 bits per heavy atom. The van der Waals surface area contributed by atoms with Crippen molar-refractivity contribution in [3.05, 3.63) is 40.5 Å². The molecule has 0 saturated carbocycles. The molecule has 0 bridgehead atoms. The molecule has 1 unspecified atom stereocenters. The fourth-order valence-electron chi connectivity index (χ4n) is 1.66. The number of halogens is 1. The first-order chi connectivity index (χ1) is 9.42. The fourth-order valence-corrected chi connectivity index (χ4v) is 3.79. The number of sulfonamides is 1. The lowest BCUT2D eigenvalue weighted by Crippen LogP contribution is -2.30. The molecule has 20 heavy (non-hydrogen) atoms. The largest absolute Gasteiger partial charge is 0.387 e. The second-order valence-corrected chi connectivity index (χ2v) is 6.52. The summed E-state index contributed by atoms with van der Waals surface area (Å²) in [5.74, 6) is 0. The summed E-state index contributed by atoms with van der Waals surface area (Å²) in [6.07, 6.45) is -0.925. The third-order valence-electron chi connectivity index (χ3n) is 2.64. The van der Waals surface area contributed by atoms with E-state index in [-0.39, 0.29) is 16.2 Å². The summed E-state index contributed by atoms with van der Waals surface area (Å²) in [7, 11) is -2.33. The van der Waals surface area contributed by atoms with Crippen molar-refractivity contribution in [2.45, 2.75) is 11.1 Å². The lowest BCUT2D eigenvalue weighted by molar-refractivity contribution is 0.182. The van der Waals surface area contributed by atoms with Crippen LogP contribution < -0.4 is 4.72 Å². The average molecular weight is 361 g/mol. The van der Waals surface area contributed by atoms with Crippen LogP contribution >= 0.6 is 15.9 Å². The van der Waals surface area contributed by atoms with E-state index in [1.807, 2.05) is 6.07 Å². The van der Waals surface area contributed by atoms with Gasteiger partial charge in [0.15, 0.2) is 4.60 Å². The molecule has 2 N–H and O–H groups in total. The molecule has 0 radical (unpaired) electrons. The molecule has 9 heteroatoms. The molecule has 0 spiro atoms. The van der Waals surface area contributed by atoms with Crippen molar-refractivity contribution >= 4 is 26.0 Å². The number of aryl methyl sites for hydroxylation is 1. The molecular weight excluding hydrogens is 348 g/mol. The summed E-state index contributed by atoms with van der Waals surface area (Å²) in [4.78, 5) is 0. The van der Waals surface area contributed by atoms with Crippen LogP contribution in [0.1, 0.15) is 11.7 Å². The van der Waals surface area contributed by atoms with Gasteiger partial charge in [-0.15, -0.1) is 5.10 Å². The molecule has 0 amide bonds. The Morgan fingerprint density at radius 1 is 1.40 bits per heavy atom. The Labute approximate surface area is 124 Å². The predicted molar refractivity (Wildman–Crippen MR) is 75.3 cm³/mol. The minimum Gasteiger partial charge on any atom is -0.387 e.